The maximum atomic E-state index is 4.40. The van der Waals surface area contributed by atoms with E-state index in [1.54, 1.807) is 0 Å². The van der Waals surface area contributed by atoms with Gasteiger partial charge in [-0.25, -0.2) is 4.98 Å². The Morgan fingerprint density at radius 2 is 2.35 bits per heavy atom. The minimum absolute atomic E-state index is 0.200. The Labute approximate surface area is 105 Å². The molecule has 0 saturated carbocycles. The summed E-state index contributed by atoms with van der Waals surface area (Å²) in [6, 6.07) is 0.200. The lowest BCUT2D eigenvalue weighted by Gasteiger charge is -2.15. The summed E-state index contributed by atoms with van der Waals surface area (Å²) >= 11 is 1.39. The van der Waals surface area contributed by atoms with E-state index < -0.39 is 0 Å². The number of imidazole rings is 1. The van der Waals surface area contributed by atoms with Crippen LogP contribution < -0.4 is 5.32 Å². The molecule has 0 aliphatic heterocycles. The monoisotopic (exact) mass is 251 g/mol. The summed E-state index contributed by atoms with van der Waals surface area (Å²) in [7, 11) is 0. The summed E-state index contributed by atoms with van der Waals surface area (Å²) in [4.78, 5) is 4.40. The average molecular weight is 251 g/mol. The second-order valence-corrected chi connectivity index (χ2v) is 4.38. The van der Waals surface area contributed by atoms with Crippen molar-refractivity contribution in [3.8, 4) is 0 Å². The van der Waals surface area contributed by atoms with Gasteiger partial charge >= 0.3 is 0 Å². The molecule has 0 spiro atoms. The van der Waals surface area contributed by atoms with Crippen LogP contribution in [0.4, 0.5) is 0 Å². The highest BCUT2D eigenvalue weighted by molar-refractivity contribution is 7.03. The van der Waals surface area contributed by atoms with E-state index in [2.05, 4.69) is 38.3 Å². The van der Waals surface area contributed by atoms with Crippen molar-refractivity contribution < 1.29 is 0 Å². The van der Waals surface area contributed by atoms with Crippen molar-refractivity contribution in [2.75, 3.05) is 6.54 Å². The van der Waals surface area contributed by atoms with Gasteiger partial charge in [-0.3, -0.25) is 0 Å². The van der Waals surface area contributed by atoms with Gasteiger partial charge in [-0.2, -0.15) is 0 Å². The zero-order valence-corrected chi connectivity index (χ0v) is 10.9. The third-order valence-electron chi connectivity index (χ3n) is 2.71. The van der Waals surface area contributed by atoms with E-state index >= 15 is 0 Å². The third-order valence-corrected chi connectivity index (χ3v) is 3.24. The van der Waals surface area contributed by atoms with Crippen molar-refractivity contribution in [3.05, 3.63) is 29.3 Å². The molecule has 1 N–H and O–H groups in total. The first kappa shape index (κ1) is 12.2. The van der Waals surface area contributed by atoms with Gasteiger partial charge in [0.1, 0.15) is 5.82 Å². The number of nitrogens with zero attached hydrogens (tertiary/aromatic N) is 4. The Hall–Kier alpha value is -1.27. The molecule has 1 unspecified atom stereocenters. The minimum Gasteiger partial charge on any atom is -0.335 e. The molecule has 0 fully saturated rings. The number of aromatic nitrogens is 4. The van der Waals surface area contributed by atoms with Crippen LogP contribution in [0.25, 0.3) is 0 Å². The number of nitrogens with one attached hydrogen (secondary N) is 1. The molecule has 0 saturated heterocycles. The summed E-state index contributed by atoms with van der Waals surface area (Å²) in [5.74, 6) is 1.09. The van der Waals surface area contributed by atoms with Crippen LogP contribution in [-0.4, -0.2) is 25.7 Å². The predicted molar refractivity (Wildman–Crippen MR) is 67.9 cm³/mol. The van der Waals surface area contributed by atoms with E-state index in [9.17, 15) is 0 Å². The van der Waals surface area contributed by atoms with Crippen LogP contribution in [0.1, 0.15) is 31.4 Å². The molecule has 1 atom stereocenters. The SMILES string of the molecule is CCNC(Cc1nccn1CC)c1csnn1. The van der Waals surface area contributed by atoms with Crippen molar-refractivity contribution >= 4 is 11.5 Å². The van der Waals surface area contributed by atoms with Gasteiger partial charge in [0.2, 0.25) is 0 Å². The Morgan fingerprint density at radius 1 is 1.47 bits per heavy atom. The molecule has 0 radical (unpaired) electrons. The van der Waals surface area contributed by atoms with Crippen molar-refractivity contribution in [2.45, 2.75) is 32.9 Å². The second kappa shape index (κ2) is 5.88. The maximum Gasteiger partial charge on any atom is 0.110 e. The van der Waals surface area contributed by atoms with Crippen molar-refractivity contribution in [3.63, 3.8) is 0 Å². The lowest BCUT2D eigenvalue weighted by molar-refractivity contribution is 0.510. The van der Waals surface area contributed by atoms with E-state index in [0.717, 1.165) is 31.0 Å². The first-order chi connectivity index (χ1) is 8.35. The molecule has 17 heavy (non-hydrogen) atoms. The fourth-order valence-electron chi connectivity index (χ4n) is 1.85. The van der Waals surface area contributed by atoms with Gasteiger partial charge in [0.25, 0.3) is 0 Å². The van der Waals surface area contributed by atoms with Crippen molar-refractivity contribution in [1.29, 1.82) is 0 Å². The van der Waals surface area contributed by atoms with Gasteiger partial charge < -0.3 is 9.88 Å². The summed E-state index contributed by atoms with van der Waals surface area (Å²) in [5.41, 5.74) is 1.00. The summed E-state index contributed by atoms with van der Waals surface area (Å²) < 4.78 is 6.08. The van der Waals surface area contributed by atoms with Crippen molar-refractivity contribution in [2.24, 2.45) is 0 Å². The molecule has 2 rings (SSSR count). The van der Waals surface area contributed by atoms with Gasteiger partial charge in [0.05, 0.1) is 11.7 Å². The van der Waals surface area contributed by atoms with E-state index in [1.807, 2.05) is 17.8 Å². The topological polar surface area (TPSA) is 55.6 Å². The minimum atomic E-state index is 0.200. The molecule has 2 heterocycles. The number of likely N-dealkylation sites (N-methyl/N-ethyl adjacent to an activating group) is 1. The molecule has 0 amide bonds. The van der Waals surface area contributed by atoms with Crippen LogP contribution >= 0.6 is 11.5 Å². The molecule has 2 aromatic heterocycles. The van der Waals surface area contributed by atoms with Crippen molar-refractivity contribution in [1.82, 2.24) is 24.5 Å². The Morgan fingerprint density at radius 3 is 3.00 bits per heavy atom. The highest BCUT2D eigenvalue weighted by Gasteiger charge is 2.16. The third kappa shape index (κ3) is 2.89. The molecule has 0 aromatic carbocycles. The van der Waals surface area contributed by atoms with Crippen LogP contribution in [0, 0.1) is 0 Å². The summed E-state index contributed by atoms with van der Waals surface area (Å²) in [6.45, 7) is 6.08. The smallest absolute Gasteiger partial charge is 0.110 e. The number of aryl methyl sites for hydroxylation is 1. The number of hydrogen-bond acceptors (Lipinski definition) is 5. The largest absolute Gasteiger partial charge is 0.335 e. The highest BCUT2D eigenvalue weighted by Crippen LogP contribution is 2.16. The Kier molecular flexibility index (Phi) is 4.22. The van der Waals surface area contributed by atoms with E-state index in [1.165, 1.54) is 11.5 Å². The summed E-state index contributed by atoms with van der Waals surface area (Å²) in [5, 5.41) is 9.56. The van der Waals surface area contributed by atoms with Crippen LogP contribution in [0.5, 0.6) is 0 Å². The molecule has 2 aromatic rings. The summed E-state index contributed by atoms with van der Waals surface area (Å²) in [6.07, 6.45) is 4.71. The standard InChI is InChI=1S/C11H17N5S/c1-3-12-9(10-8-17-15-14-10)7-11-13-5-6-16(11)4-2/h5-6,8-9,12H,3-4,7H2,1-2H3. The Bertz CT molecular complexity index is 436. The first-order valence-corrected chi connectivity index (χ1v) is 6.69. The lowest BCUT2D eigenvalue weighted by atomic mass is 10.1. The normalized spacial score (nSPS) is 12.8. The van der Waals surface area contributed by atoms with Crippen LogP contribution in [0.3, 0.4) is 0 Å². The fourth-order valence-corrected chi connectivity index (χ4v) is 2.36. The zero-order valence-electron chi connectivity index (χ0n) is 10.1. The molecule has 5 nitrogen and oxygen atoms in total. The van der Waals surface area contributed by atoms with E-state index in [4.69, 9.17) is 0 Å². The highest BCUT2D eigenvalue weighted by atomic mass is 32.1. The van der Waals surface area contributed by atoms with Gasteiger partial charge in [-0.15, -0.1) is 5.10 Å². The van der Waals surface area contributed by atoms with Gasteiger partial charge in [-0.05, 0) is 25.0 Å². The molecule has 0 bridgehead atoms. The molecular formula is C11H17N5S. The molecule has 0 aliphatic rings. The fraction of sp³-hybridized carbons (Fsp3) is 0.545. The van der Waals surface area contributed by atoms with Gasteiger partial charge in [0.15, 0.2) is 0 Å². The van der Waals surface area contributed by atoms with Crippen LogP contribution in [0.15, 0.2) is 17.8 Å². The Balaban J connectivity index is 2.13. The van der Waals surface area contributed by atoms with Gasteiger partial charge in [-0.1, -0.05) is 11.4 Å². The van der Waals surface area contributed by atoms with E-state index in [0.29, 0.717) is 0 Å². The number of hydrogen-bond donors (Lipinski definition) is 1. The average Bonchev–Trinajstić information content (AvgIpc) is 2.99. The van der Waals surface area contributed by atoms with E-state index in [-0.39, 0.29) is 6.04 Å². The lowest BCUT2D eigenvalue weighted by Crippen LogP contribution is -2.24. The maximum absolute atomic E-state index is 4.40. The quantitative estimate of drug-likeness (QED) is 0.848. The zero-order chi connectivity index (χ0) is 12.1. The molecule has 6 heteroatoms. The van der Waals surface area contributed by atoms with Crippen LogP contribution in [0.2, 0.25) is 0 Å². The van der Waals surface area contributed by atoms with Gasteiger partial charge in [0, 0.05) is 30.7 Å². The van der Waals surface area contributed by atoms with Crippen LogP contribution in [-0.2, 0) is 13.0 Å². The predicted octanol–water partition coefficient (Wildman–Crippen LogP) is 1.65. The molecule has 0 aliphatic carbocycles. The second-order valence-electron chi connectivity index (χ2n) is 3.77. The first-order valence-electron chi connectivity index (χ1n) is 5.85. The molecular weight excluding hydrogens is 234 g/mol. The molecule has 92 valence electrons. The number of rotatable bonds is 6.